The molecule has 116 valence electrons. The molecule has 7 nitrogen and oxygen atoms in total. The lowest BCUT2D eigenvalue weighted by Gasteiger charge is -2.32. The molecule has 1 aromatic carbocycles. The number of fused-ring (bicyclic) bond motifs is 2. The van der Waals surface area contributed by atoms with Crippen molar-refractivity contribution in [2.24, 2.45) is 0 Å². The summed E-state index contributed by atoms with van der Waals surface area (Å²) >= 11 is 0. The number of benzene rings is 1. The fourth-order valence-electron chi connectivity index (χ4n) is 3.18. The van der Waals surface area contributed by atoms with Gasteiger partial charge in [0.05, 0.1) is 11.3 Å². The largest absolute Gasteiger partial charge is 0.440 e. The van der Waals surface area contributed by atoms with Crippen molar-refractivity contribution in [2.75, 3.05) is 18.0 Å². The molecule has 23 heavy (non-hydrogen) atoms. The van der Waals surface area contributed by atoms with E-state index in [1.54, 1.807) is 29.0 Å². The van der Waals surface area contributed by atoms with E-state index in [9.17, 15) is 10.1 Å². The highest BCUT2D eigenvalue weighted by molar-refractivity contribution is 6.04. The second-order valence-electron chi connectivity index (χ2n) is 5.64. The maximum atomic E-state index is 12.8. The fraction of sp³-hybridized carbons (Fsp3) is 0.312. The van der Waals surface area contributed by atoms with Crippen LogP contribution >= 0.6 is 0 Å². The zero-order valence-corrected chi connectivity index (χ0v) is 12.7. The van der Waals surface area contributed by atoms with Gasteiger partial charge in [-0.2, -0.15) is 5.26 Å². The summed E-state index contributed by atoms with van der Waals surface area (Å²) in [5, 5.41) is 12.8. The monoisotopic (exact) mass is 309 g/mol. The number of carbonyl (C=O) groups excluding carboxylic acids is 1. The first-order valence-corrected chi connectivity index (χ1v) is 7.50. The van der Waals surface area contributed by atoms with Gasteiger partial charge >= 0.3 is 6.03 Å². The van der Waals surface area contributed by atoms with E-state index in [4.69, 9.17) is 4.42 Å². The highest BCUT2D eigenvalue weighted by atomic mass is 16.3. The molecule has 2 fully saturated rings. The Hall–Kier alpha value is -3.01. The summed E-state index contributed by atoms with van der Waals surface area (Å²) < 4.78 is 5.55. The van der Waals surface area contributed by atoms with Crippen LogP contribution in [0, 0.1) is 18.3 Å². The predicted molar refractivity (Wildman–Crippen MR) is 83.1 cm³/mol. The number of hydrazine groups is 1. The summed E-state index contributed by atoms with van der Waals surface area (Å²) in [5.74, 6) is 1.07. The van der Waals surface area contributed by atoms with Gasteiger partial charge in [0, 0.05) is 20.0 Å². The van der Waals surface area contributed by atoms with Crippen LogP contribution < -0.4 is 4.90 Å². The molecule has 4 rings (SSSR count). The molecule has 3 heterocycles. The minimum atomic E-state index is -0.138. The van der Waals surface area contributed by atoms with Gasteiger partial charge in [0.25, 0.3) is 0 Å². The Kier molecular flexibility index (Phi) is 2.81. The first-order valence-electron chi connectivity index (χ1n) is 7.50. The van der Waals surface area contributed by atoms with Crippen LogP contribution in [-0.4, -0.2) is 34.1 Å². The van der Waals surface area contributed by atoms with Crippen LogP contribution in [-0.2, 0) is 0 Å². The van der Waals surface area contributed by atoms with Crippen molar-refractivity contribution in [3.63, 3.8) is 0 Å². The molecule has 0 bridgehead atoms. The van der Waals surface area contributed by atoms with E-state index in [2.05, 4.69) is 17.6 Å². The van der Waals surface area contributed by atoms with E-state index >= 15 is 0 Å². The number of nitriles is 1. The number of hydrogen-bond donors (Lipinski definition) is 0. The third-order valence-corrected chi connectivity index (χ3v) is 4.24. The lowest BCUT2D eigenvalue weighted by atomic mass is 10.1. The van der Waals surface area contributed by atoms with Crippen LogP contribution in [0.1, 0.15) is 24.3 Å². The number of aromatic nitrogens is 1. The van der Waals surface area contributed by atoms with Crippen molar-refractivity contribution < 1.29 is 9.21 Å². The molecule has 2 aliphatic rings. The first-order chi connectivity index (χ1) is 11.1. The van der Waals surface area contributed by atoms with Gasteiger partial charge < -0.3 is 4.42 Å². The van der Waals surface area contributed by atoms with Gasteiger partial charge in [0.1, 0.15) is 17.4 Å². The first kappa shape index (κ1) is 13.6. The van der Waals surface area contributed by atoms with E-state index in [0.717, 1.165) is 19.4 Å². The third-order valence-electron chi connectivity index (χ3n) is 4.24. The molecular formula is C16H15N5O2. The summed E-state index contributed by atoms with van der Waals surface area (Å²) in [6.07, 6.45) is 2.01. The molecule has 0 N–H and O–H groups in total. The predicted octanol–water partition coefficient (Wildman–Crippen LogP) is 2.73. The van der Waals surface area contributed by atoms with Gasteiger partial charge in [-0.05, 0) is 25.0 Å². The van der Waals surface area contributed by atoms with Crippen molar-refractivity contribution in [3.05, 3.63) is 36.0 Å². The standard InChI is InChI=1S/C16H15N5O2/c1-10-18-14-13(6-5-12(9-17)15(14)23-10)21-11(2)19-7-3-4-8-20(19)16(21)22/h5-6H,2-4,7-8H2,1H3. The van der Waals surface area contributed by atoms with Gasteiger partial charge in [-0.3, -0.25) is 5.01 Å². The van der Waals surface area contributed by atoms with Crippen LogP contribution in [0.2, 0.25) is 0 Å². The Bertz CT molecular complexity index is 854. The molecular weight excluding hydrogens is 294 g/mol. The summed E-state index contributed by atoms with van der Waals surface area (Å²) in [5.41, 5.74) is 1.92. The molecule has 0 saturated carbocycles. The Morgan fingerprint density at radius 3 is 2.74 bits per heavy atom. The van der Waals surface area contributed by atoms with E-state index in [1.165, 1.54) is 0 Å². The number of rotatable bonds is 1. The molecule has 0 atom stereocenters. The molecule has 0 spiro atoms. The van der Waals surface area contributed by atoms with Gasteiger partial charge in [-0.15, -0.1) is 0 Å². The normalized spacial score (nSPS) is 17.8. The number of hydrogen-bond acceptors (Lipinski definition) is 5. The number of aryl methyl sites for hydroxylation is 1. The number of carbonyl (C=O) groups is 1. The highest BCUT2D eigenvalue weighted by Gasteiger charge is 2.41. The second-order valence-corrected chi connectivity index (χ2v) is 5.64. The second kappa shape index (κ2) is 4.74. The SMILES string of the molecule is C=C1N(c2ccc(C#N)c3oc(C)nc23)C(=O)N2CCCCN12. The van der Waals surface area contributed by atoms with E-state index in [0.29, 0.717) is 40.6 Å². The van der Waals surface area contributed by atoms with Crippen molar-refractivity contribution in [1.29, 1.82) is 5.26 Å². The maximum Gasteiger partial charge on any atom is 0.349 e. The molecule has 7 heteroatoms. The minimum Gasteiger partial charge on any atom is -0.440 e. The number of oxazole rings is 1. The summed E-state index contributed by atoms with van der Waals surface area (Å²) in [6.45, 7) is 7.25. The van der Waals surface area contributed by atoms with Crippen molar-refractivity contribution >= 4 is 22.8 Å². The van der Waals surface area contributed by atoms with Crippen LogP contribution in [0.5, 0.6) is 0 Å². The molecule has 2 aliphatic heterocycles. The maximum absolute atomic E-state index is 12.8. The van der Waals surface area contributed by atoms with Crippen LogP contribution in [0.4, 0.5) is 10.5 Å². The quantitative estimate of drug-likeness (QED) is 0.809. The molecule has 1 aromatic heterocycles. The Balaban J connectivity index is 1.88. The third kappa shape index (κ3) is 1.81. The molecule has 0 radical (unpaired) electrons. The van der Waals surface area contributed by atoms with Crippen molar-refractivity contribution in [3.8, 4) is 6.07 Å². The molecule has 0 aliphatic carbocycles. The summed E-state index contributed by atoms with van der Waals surface area (Å²) in [4.78, 5) is 18.7. The van der Waals surface area contributed by atoms with Gasteiger partial charge in [0.2, 0.25) is 0 Å². The van der Waals surface area contributed by atoms with Crippen molar-refractivity contribution in [2.45, 2.75) is 19.8 Å². The molecule has 0 unspecified atom stereocenters. The van der Waals surface area contributed by atoms with Crippen LogP contribution in [0.3, 0.4) is 0 Å². The number of urea groups is 1. The number of nitrogens with zero attached hydrogens (tertiary/aromatic N) is 5. The topological polar surface area (TPSA) is 76.6 Å². The average molecular weight is 309 g/mol. The van der Waals surface area contributed by atoms with Crippen LogP contribution in [0.25, 0.3) is 11.1 Å². The molecule has 2 amide bonds. The van der Waals surface area contributed by atoms with Gasteiger partial charge in [-0.25, -0.2) is 19.7 Å². The number of anilines is 1. The van der Waals surface area contributed by atoms with Gasteiger partial charge in [-0.1, -0.05) is 6.58 Å². The smallest absolute Gasteiger partial charge is 0.349 e. The fourth-order valence-corrected chi connectivity index (χ4v) is 3.18. The highest BCUT2D eigenvalue weighted by Crippen LogP contribution is 2.37. The Morgan fingerprint density at radius 2 is 2.04 bits per heavy atom. The zero-order chi connectivity index (χ0) is 16.1. The van der Waals surface area contributed by atoms with Crippen molar-refractivity contribution in [1.82, 2.24) is 15.0 Å². The minimum absolute atomic E-state index is 0.138. The van der Waals surface area contributed by atoms with E-state index < -0.39 is 0 Å². The van der Waals surface area contributed by atoms with E-state index in [1.807, 2.05) is 5.01 Å². The lowest BCUT2D eigenvalue weighted by molar-refractivity contribution is 0.0500. The Labute approximate surface area is 133 Å². The zero-order valence-electron chi connectivity index (χ0n) is 12.7. The lowest BCUT2D eigenvalue weighted by Crippen LogP contribution is -2.43. The Morgan fingerprint density at radius 1 is 1.30 bits per heavy atom. The molecule has 2 saturated heterocycles. The summed E-state index contributed by atoms with van der Waals surface area (Å²) in [6, 6.07) is 5.33. The van der Waals surface area contributed by atoms with Gasteiger partial charge in [0.15, 0.2) is 11.5 Å². The van der Waals surface area contributed by atoms with Crippen LogP contribution in [0.15, 0.2) is 28.9 Å². The molecule has 2 aromatic rings. The average Bonchev–Trinajstić information content (AvgIpc) is 3.06. The number of amides is 2. The summed E-state index contributed by atoms with van der Waals surface area (Å²) in [7, 11) is 0. The van der Waals surface area contributed by atoms with E-state index in [-0.39, 0.29) is 6.03 Å².